The van der Waals surface area contributed by atoms with E-state index < -0.39 is 11.6 Å². The third-order valence-corrected chi connectivity index (χ3v) is 2.91. The lowest BCUT2D eigenvalue weighted by atomic mass is 9.84. The number of halogens is 2. The fraction of sp³-hybridized carbons (Fsp3) is 0.500. The molecule has 0 spiro atoms. The molecule has 1 aliphatic heterocycles. The molecule has 0 bridgehead atoms. The summed E-state index contributed by atoms with van der Waals surface area (Å²) < 4.78 is 32.0. The molecule has 1 aliphatic rings. The van der Waals surface area contributed by atoms with Gasteiger partial charge in [-0.25, -0.2) is 8.78 Å². The summed E-state index contributed by atoms with van der Waals surface area (Å²) in [5.41, 5.74) is 1.29. The average Bonchev–Trinajstić information content (AvgIpc) is 2.16. The summed E-state index contributed by atoms with van der Waals surface area (Å²) in [4.78, 5) is 0. The van der Waals surface area contributed by atoms with Gasteiger partial charge in [-0.15, -0.1) is 0 Å². The molecular weight excluding hydrogens is 198 g/mol. The van der Waals surface area contributed by atoms with Gasteiger partial charge in [0.05, 0.1) is 13.2 Å². The summed E-state index contributed by atoms with van der Waals surface area (Å²) in [6.45, 7) is 4.87. The highest BCUT2D eigenvalue weighted by molar-refractivity contribution is 5.34. The molecule has 1 aromatic carbocycles. The minimum Gasteiger partial charge on any atom is -0.376 e. The summed E-state index contributed by atoms with van der Waals surface area (Å²) in [5, 5.41) is 0. The maximum atomic E-state index is 13.6. The number of hydrogen-bond donors (Lipinski definition) is 0. The zero-order valence-corrected chi connectivity index (χ0v) is 8.89. The maximum absolute atomic E-state index is 13.6. The first-order valence-electron chi connectivity index (χ1n) is 5.15. The van der Waals surface area contributed by atoms with Crippen LogP contribution in [0.25, 0.3) is 0 Å². The molecule has 0 saturated carbocycles. The smallest absolute Gasteiger partial charge is 0.130 e. The van der Waals surface area contributed by atoms with Gasteiger partial charge < -0.3 is 4.74 Å². The topological polar surface area (TPSA) is 9.23 Å². The van der Waals surface area contributed by atoms with E-state index >= 15 is 0 Å². The standard InChI is InChI=1S/C12H14F2O/c1-7(2)10-6-15-5-8-3-9(13)4-11(14)12(8)10/h3-4,7,10H,5-6H2,1-2H3/t10-/m1/s1. The van der Waals surface area contributed by atoms with Crippen LogP contribution >= 0.6 is 0 Å². The van der Waals surface area contributed by atoms with Gasteiger partial charge in [-0.3, -0.25) is 0 Å². The van der Waals surface area contributed by atoms with Crippen LogP contribution in [0.3, 0.4) is 0 Å². The van der Waals surface area contributed by atoms with Crippen molar-refractivity contribution in [2.24, 2.45) is 5.92 Å². The van der Waals surface area contributed by atoms with Gasteiger partial charge in [0.1, 0.15) is 11.6 Å². The van der Waals surface area contributed by atoms with E-state index in [1.807, 2.05) is 13.8 Å². The fourth-order valence-electron chi connectivity index (χ4n) is 2.08. The highest BCUT2D eigenvalue weighted by atomic mass is 19.1. The van der Waals surface area contributed by atoms with Crippen LogP contribution in [0.1, 0.15) is 30.9 Å². The maximum Gasteiger partial charge on any atom is 0.130 e. The Balaban J connectivity index is 2.51. The summed E-state index contributed by atoms with van der Waals surface area (Å²) in [6, 6.07) is 2.33. The first kappa shape index (κ1) is 10.6. The zero-order valence-electron chi connectivity index (χ0n) is 8.89. The van der Waals surface area contributed by atoms with Gasteiger partial charge in [0.2, 0.25) is 0 Å². The molecule has 0 radical (unpaired) electrons. The van der Waals surface area contributed by atoms with Crippen molar-refractivity contribution in [3.8, 4) is 0 Å². The second-order valence-electron chi connectivity index (χ2n) is 4.33. The van der Waals surface area contributed by atoms with Crippen LogP contribution < -0.4 is 0 Å². The molecule has 2 rings (SSSR count). The van der Waals surface area contributed by atoms with Crippen LogP contribution in [-0.2, 0) is 11.3 Å². The molecule has 0 unspecified atom stereocenters. The van der Waals surface area contributed by atoms with Gasteiger partial charge >= 0.3 is 0 Å². The van der Waals surface area contributed by atoms with Crippen LogP contribution in [0, 0.1) is 17.6 Å². The Hall–Kier alpha value is -0.960. The Labute approximate surface area is 88.1 Å². The average molecular weight is 212 g/mol. The Bertz CT molecular complexity index is 374. The first-order chi connectivity index (χ1) is 7.09. The predicted molar refractivity (Wildman–Crippen MR) is 53.6 cm³/mol. The minimum absolute atomic E-state index is 0.0364. The lowest BCUT2D eigenvalue weighted by Gasteiger charge is -2.28. The molecule has 0 aromatic heterocycles. The van der Waals surface area contributed by atoms with Gasteiger partial charge in [0.25, 0.3) is 0 Å². The van der Waals surface area contributed by atoms with E-state index in [0.29, 0.717) is 30.3 Å². The summed E-state index contributed by atoms with van der Waals surface area (Å²) in [5.74, 6) is -0.635. The van der Waals surface area contributed by atoms with Crippen molar-refractivity contribution in [1.29, 1.82) is 0 Å². The molecule has 0 N–H and O–H groups in total. The van der Waals surface area contributed by atoms with Gasteiger partial charge in [0.15, 0.2) is 0 Å². The Morgan fingerprint density at radius 1 is 1.33 bits per heavy atom. The predicted octanol–water partition coefficient (Wildman–Crippen LogP) is 3.23. The normalized spacial score (nSPS) is 20.5. The number of benzene rings is 1. The lowest BCUT2D eigenvalue weighted by Crippen LogP contribution is -2.22. The van der Waals surface area contributed by atoms with Crippen LogP contribution in [-0.4, -0.2) is 6.61 Å². The molecule has 3 heteroatoms. The van der Waals surface area contributed by atoms with E-state index in [1.165, 1.54) is 6.07 Å². The largest absolute Gasteiger partial charge is 0.376 e. The van der Waals surface area contributed by atoms with Gasteiger partial charge in [-0.1, -0.05) is 13.8 Å². The van der Waals surface area contributed by atoms with Gasteiger partial charge in [-0.2, -0.15) is 0 Å². The number of hydrogen-bond acceptors (Lipinski definition) is 1. The third-order valence-electron chi connectivity index (χ3n) is 2.91. The molecular formula is C12H14F2O. The second-order valence-corrected chi connectivity index (χ2v) is 4.33. The van der Waals surface area contributed by atoms with Crippen molar-refractivity contribution in [2.75, 3.05) is 6.61 Å². The Kier molecular flexibility index (Phi) is 2.74. The lowest BCUT2D eigenvalue weighted by molar-refractivity contribution is 0.0770. The molecule has 1 heterocycles. The van der Waals surface area contributed by atoms with E-state index in [-0.39, 0.29) is 5.92 Å². The molecule has 0 aliphatic carbocycles. The van der Waals surface area contributed by atoms with E-state index in [1.54, 1.807) is 0 Å². The minimum atomic E-state index is -0.528. The molecule has 1 nitrogen and oxygen atoms in total. The van der Waals surface area contributed by atoms with Gasteiger partial charge in [-0.05, 0) is 23.1 Å². The number of ether oxygens (including phenoxy) is 1. The van der Waals surface area contributed by atoms with Crippen molar-refractivity contribution in [3.63, 3.8) is 0 Å². The van der Waals surface area contributed by atoms with Crippen LogP contribution in [0.5, 0.6) is 0 Å². The van der Waals surface area contributed by atoms with Crippen molar-refractivity contribution < 1.29 is 13.5 Å². The summed E-state index contributed by atoms with van der Waals surface area (Å²) in [6.07, 6.45) is 0. The van der Waals surface area contributed by atoms with E-state index in [2.05, 4.69) is 0 Å². The molecule has 1 atom stereocenters. The molecule has 0 fully saturated rings. The Morgan fingerprint density at radius 2 is 2.07 bits per heavy atom. The summed E-state index contributed by atoms with van der Waals surface area (Å²) >= 11 is 0. The number of fused-ring (bicyclic) bond motifs is 1. The Morgan fingerprint density at radius 3 is 2.73 bits per heavy atom. The number of rotatable bonds is 1. The summed E-state index contributed by atoms with van der Waals surface area (Å²) in [7, 11) is 0. The molecule has 0 amide bonds. The molecule has 1 aromatic rings. The highest BCUT2D eigenvalue weighted by Crippen LogP contribution is 2.34. The van der Waals surface area contributed by atoms with Gasteiger partial charge in [0, 0.05) is 12.0 Å². The SMILES string of the molecule is CC(C)[C@H]1COCc2cc(F)cc(F)c21. The molecule has 15 heavy (non-hydrogen) atoms. The van der Waals surface area contributed by atoms with Crippen molar-refractivity contribution in [1.82, 2.24) is 0 Å². The quantitative estimate of drug-likeness (QED) is 0.694. The third kappa shape index (κ3) is 1.88. The second kappa shape index (κ2) is 3.89. The van der Waals surface area contributed by atoms with Crippen LogP contribution in [0.2, 0.25) is 0 Å². The van der Waals surface area contributed by atoms with Crippen molar-refractivity contribution in [2.45, 2.75) is 26.4 Å². The highest BCUT2D eigenvalue weighted by Gasteiger charge is 2.27. The zero-order chi connectivity index (χ0) is 11.0. The van der Waals surface area contributed by atoms with E-state index in [0.717, 1.165) is 6.07 Å². The monoisotopic (exact) mass is 212 g/mol. The van der Waals surface area contributed by atoms with E-state index in [4.69, 9.17) is 4.74 Å². The van der Waals surface area contributed by atoms with Crippen LogP contribution in [0.15, 0.2) is 12.1 Å². The van der Waals surface area contributed by atoms with E-state index in [9.17, 15) is 8.78 Å². The van der Waals surface area contributed by atoms with Crippen molar-refractivity contribution >= 4 is 0 Å². The molecule has 0 saturated heterocycles. The fourth-order valence-corrected chi connectivity index (χ4v) is 2.08. The molecule has 82 valence electrons. The first-order valence-corrected chi connectivity index (χ1v) is 5.15. The van der Waals surface area contributed by atoms with Crippen molar-refractivity contribution in [3.05, 3.63) is 34.9 Å². The van der Waals surface area contributed by atoms with Crippen LogP contribution in [0.4, 0.5) is 8.78 Å².